The van der Waals surface area contributed by atoms with Crippen LogP contribution >= 0.6 is 0 Å². The zero-order valence-corrected chi connectivity index (χ0v) is 22.6. The number of rotatable bonds is 3. The van der Waals surface area contributed by atoms with Gasteiger partial charge in [-0.3, -0.25) is 0 Å². The van der Waals surface area contributed by atoms with Gasteiger partial charge in [-0.1, -0.05) is 33.8 Å². The summed E-state index contributed by atoms with van der Waals surface area (Å²) in [4.78, 5) is 2.17. The van der Waals surface area contributed by atoms with Crippen molar-refractivity contribution in [2.75, 3.05) is 14.1 Å². The van der Waals surface area contributed by atoms with E-state index in [9.17, 15) is 5.11 Å². The second kappa shape index (κ2) is 7.04. The lowest BCUT2D eigenvalue weighted by molar-refractivity contribution is -0.156. The van der Waals surface area contributed by atoms with Gasteiger partial charge in [-0.2, -0.15) is 0 Å². The number of fused-ring (bicyclic) bond motifs is 1. The van der Waals surface area contributed by atoms with E-state index in [1.54, 1.807) is 0 Å². The first kappa shape index (κ1) is 23.3. The summed E-state index contributed by atoms with van der Waals surface area (Å²) in [5, 5.41) is 11.0. The normalized spacial score (nSPS) is 45.8. The number of aliphatic hydroxyl groups excluding tert-OH is 1. The second-order valence-electron chi connectivity index (χ2n) is 13.5. The highest BCUT2D eigenvalue weighted by Crippen LogP contribution is 2.68. The fourth-order valence-corrected chi connectivity index (χ4v) is 9.05. The van der Waals surface area contributed by atoms with Crippen molar-refractivity contribution >= 4 is 8.32 Å². The summed E-state index contributed by atoms with van der Waals surface area (Å²) in [5.74, 6) is 0.537. The number of likely N-dealkylation sites (N-methyl/N-ethyl adjacent to an activating group) is 1. The van der Waals surface area contributed by atoms with E-state index in [1.165, 1.54) is 30.4 Å². The summed E-state index contributed by atoms with van der Waals surface area (Å²) in [6, 6.07) is 0.122. The maximum atomic E-state index is 10.8. The Kier molecular flexibility index (Phi) is 5.12. The Labute approximate surface area is 196 Å². The van der Waals surface area contributed by atoms with Crippen LogP contribution in [0, 0.1) is 11.3 Å². The van der Waals surface area contributed by atoms with Gasteiger partial charge in [-0.15, -0.1) is 0 Å². The van der Waals surface area contributed by atoms with E-state index in [4.69, 9.17) is 9.16 Å². The molecule has 1 saturated heterocycles. The van der Waals surface area contributed by atoms with Gasteiger partial charge in [0, 0.05) is 6.04 Å². The number of ether oxygens (including phenoxy) is 1. The maximum absolute atomic E-state index is 10.8. The second-order valence-corrected chi connectivity index (χ2v) is 18.3. The van der Waals surface area contributed by atoms with Crippen LogP contribution in [0.25, 0.3) is 0 Å². The maximum Gasteiger partial charge on any atom is 0.192 e. The van der Waals surface area contributed by atoms with Crippen molar-refractivity contribution in [3.05, 3.63) is 23.3 Å². The molecule has 0 unspecified atom stereocenters. The zero-order chi connectivity index (χ0) is 23.3. The molecule has 4 nitrogen and oxygen atoms in total. The molecule has 2 saturated carbocycles. The molecule has 7 atom stereocenters. The lowest BCUT2D eigenvalue weighted by atomic mass is 9.58. The lowest BCUT2D eigenvalue weighted by Crippen LogP contribution is -2.58. The first-order valence-electron chi connectivity index (χ1n) is 12.9. The molecule has 32 heavy (non-hydrogen) atoms. The molecular formula is C27H45NO3Si. The first-order chi connectivity index (χ1) is 14.7. The van der Waals surface area contributed by atoms with Gasteiger partial charge in [-0.05, 0) is 106 Å². The van der Waals surface area contributed by atoms with E-state index >= 15 is 0 Å². The van der Waals surface area contributed by atoms with Crippen LogP contribution in [0.5, 0.6) is 0 Å². The van der Waals surface area contributed by atoms with Crippen molar-refractivity contribution in [3.8, 4) is 0 Å². The standard InChI is InChI=1S/C27H45NO3Si/c1-24(2,3)32(7,8)30-23-10-9-22-25(23,4)12-11-18-15-19-16-21(29)20(28(5)6)17-26(19)13-14-27(18,22)31-26/h15-16,20-23,29H,9-14,17H2,1-8H3/t20-,21-,22+,23-,25-,26+,27+/m0/s1. The highest BCUT2D eigenvalue weighted by molar-refractivity contribution is 6.74. The molecular weight excluding hydrogens is 414 g/mol. The Morgan fingerprint density at radius 1 is 1.16 bits per heavy atom. The number of nitrogens with zero attached hydrogens (tertiary/aromatic N) is 1. The van der Waals surface area contributed by atoms with E-state index in [0.29, 0.717) is 12.0 Å². The number of aliphatic hydroxyl groups is 1. The van der Waals surface area contributed by atoms with Crippen LogP contribution in [0.3, 0.4) is 0 Å². The third-order valence-corrected chi connectivity index (χ3v) is 15.1. The predicted molar refractivity (Wildman–Crippen MR) is 132 cm³/mol. The smallest absolute Gasteiger partial charge is 0.192 e. The third kappa shape index (κ3) is 3.07. The minimum absolute atomic E-state index is 0.116. The molecule has 5 rings (SSSR count). The van der Waals surface area contributed by atoms with Gasteiger partial charge in [0.1, 0.15) is 0 Å². The van der Waals surface area contributed by atoms with Crippen LogP contribution in [0.1, 0.15) is 72.6 Å². The highest BCUT2D eigenvalue weighted by Gasteiger charge is 2.68. The summed E-state index contributed by atoms with van der Waals surface area (Å²) >= 11 is 0. The number of hydrogen-bond acceptors (Lipinski definition) is 4. The summed E-state index contributed by atoms with van der Waals surface area (Å²) in [6.45, 7) is 14.4. The molecule has 0 aromatic rings. The summed E-state index contributed by atoms with van der Waals surface area (Å²) in [6.07, 6.45) is 12.3. The van der Waals surface area contributed by atoms with Gasteiger partial charge in [-0.25, -0.2) is 0 Å². The predicted octanol–water partition coefficient (Wildman–Crippen LogP) is 5.44. The summed E-state index contributed by atoms with van der Waals surface area (Å²) in [7, 11) is 2.34. The van der Waals surface area contributed by atoms with Crippen molar-refractivity contribution in [1.82, 2.24) is 4.90 Å². The molecule has 0 radical (unpaired) electrons. The summed E-state index contributed by atoms with van der Waals surface area (Å²) < 4.78 is 14.4. The van der Waals surface area contributed by atoms with E-state index in [-0.39, 0.29) is 27.7 Å². The van der Waals surface area contributed by atoms with Gasteiger partial charge in [0.2, 0.25) is 0 Å². The SMILES string of the molecule is CN(C)[C@H]1C[C@@]23CC[C@@]4(O2)C(=CC3=C[C@@H]1O)CC[C@]1(C)[C@@H](O[Si](C)(C)C(C)(C)C)CC[C@H]14. The number of hydrogen-bond donors (Lipinski definition) is 1. The van der Waals surface area contributed by atoms with Gasteiger partial charge < -0.3 is 19.2 Å². The average molecular weight is 460 g/mol. The Balaban J connectivity index is 1.48. The van der Waals surface area contributed by atoms with Gasteiger partial charge >= 0.3 is 0 Å². The fourth-order valence-electron chi connectivity index (χ4n) is 7.60. The van der Waals surface area contributed by atoms with Crippen molar-refractivity contribution in [3.63, 3.8) is 0 Å². The van der Waals surface area contributed by atoms with Crippen molar-refractivity contribution in [2.45, 2.75) is 120 Å². The van der Waals surface area contributed by atoms with E-state index in [1.807, 2.05) is 0 Å². The van der Waals surface area contributed by atoms with Crippen LogP contribution in [0.4, 0.5) is 0 Å². The molecule has 2 heterocycles. The molecule has 180 valence electrons. The van der Waals surface area contributed by atoms with Gasteiger partial charge in [0.05, 0.1) is 23.4 Å². The Morgan fingerprint density at radius 2 is 1.88 bits per heavy atom. The van der Waals surface area contributed by atoms with Crippen LogP contribution in [-0.4, -0.2) is 61.9 Å². The van der Waals surface area contributed by atoms with Crippen molar-refractivity contribution in [2.24, 2.45) is 11.3 Å². The fraction of sp³-hybridized carbons (Fsp3) is 0.852. The molecule has 2 aliphatic heterocycles. The Hall–Kier alpha value is -0.463. The largest absolute Gasteiger partial charge is 0.413 e. The van der Waals surface area contributed by atoms with Crippen LogP contribution < -0.4 is 0 Å². The monoisotopic (exact) mass is 459 g/mol. The van der Waals surface area contributed by atoms with Crippen molar-refractivity contribution < 1.29 is 14.3 Å². The van der Waals surface area contributed by atoms with Crippen LogP contribution in [-0.2, 0) is 9.16 Å². The van der Waals surface area contributed by atoms with Crippen LogP contribution in [0.2, 0.25) is 18.1 Å². The minimum Gasteiger partial charge on any atom is -0.413 e. The third-order valence-electron chi connectivity index (χ3n) is 10.6. The first-order valence-corrected chi connectivity index (χ1v) is 15.8. The molecule has 0 amide bonds. The molecule has 2 spiro atoms. The minimum atomic E-state index is -1.82. The molecule has 2 bridgehead atoms. The van der Waals surface area contributed by atoms with E-state index in [0.717, 1.165) is 25.7 Å². The van der Waals surface area contributed by atoms with Gasteiger partial charge in [0.25, 0.3) is 0 Å². The molecule has 3 aliphatic carbocycles. The van der Waals surface area contributed by atoms with E-state index < -0.39 is 14.4 Å². The topological polar surface area (TPSA) is 41.9 Å². The Morgan fingerprint density at radius 3 is 2.53 bits per heavy atom. The zero-order valence-electron chi connectivity index (χ0n) is 21.6. The molecule has 0 aromatic heterocycles. The quantitative estimate of drug-likeness (QED) is 0.571. The molecule has 1 N–H and O–H groups in total. The summed E-state index contributed by atoms with van der Waals surface area (Å²) in [5.41, 5.74) is 2.61. The van der Waals surface area contributed by atoms with Crippen molar-refractivity contribution in [1.29, 1.82) is 0 Å². The molecule has 3 fully saturated rings. The molecule has 0 aromatic carbocycles. The molecule has 5 aliphatic rings. The van der Waals surface area contributed by atoms with Gasteiger partial charge in [0.15, 0.2) is 8.32 Å². The van der Waals surface area contributed by atoms with Crippen LogP contribution in [0.15, 0.2) is 23.3 Å². The lowest BCUT2D eigenvalue weighted by Gasteiger charge is -2.56. The van der Waals surface area contributed by atoms with E-state index in [2.05, 4.69) is 71.9 Å². The average Bonchev–Trinajstić information content (AvgIpc) is 3.17. The Bertz CT molecular complexity index is 857. The highest BCUT2D eigenvalue weighted by atomic mass is 28.4. The molecule has 5 heteroatoms.